The SMILES string of the molecule is CN1CCN(C2CCN(c3nc4sc(C(N)=O)c(-c5oc6cccc-6cc5N)c4cc3C#N)CC2)CC1=O. The van der Waals surface area contributed by atoms with Crippen LogP contribution in [0.25, 0.3) is 32.9 Å². The molecule has 38 heavy (non-hydrogen) atoms. The number of hydrogen-bond acceptors (Lipinski definition) is 9. The molecule has 0 spiro atoms. The number of anilines is 2. The summed E-state index contributed by atoms with van der Waals surface area (Å²) in [5.74, 6) is 1.11. The normalized spacial score (nSPS) is 17.4. The van der Waals surface area contributed by atoms with Gasteiger partial charge in [-0.3, -0.25) is 14.5 Å². The van der Waals surface area contributed by atoms with Crippen LogP contribution in [0.1, 0.15) is 28.1 Å². The number of aromatic nitrogens is 1. The summed E-state index contributed by atoms with van der Waals surface area (Å²) in [6.45, 7) is 3.51. The van der Waals surface area contributed by atoms with Crippen molar-refractivity contribution in [1.29, 1.82) is 5.26 Å². The van der Waals surface area contributed by atoms with Gasteiger partial charge < -0.3 is 25.7 Å². The predicted molar refractivity (Wildman–Crippen MR) is 146 cm³/mol. The lowest BCUT2D eigenvalue weighted by atomic mass is 10.0. The first-order valence-electron chi connectivity index (χ1n) is 12.5. The molecular weight excluding hydrogens is 502 g/mol. The number of likely N-dealkylation sites (N-methyl/N-ethyl adjacent to an activating group) is 1. The van der Waals surface area contributed by atoms with Crippen molar-refractivity contribution in [3.63, 3.8) is 0 Å². The van der Waals surface area contributed by atoms with Crippen molar-refractivity contribution in [3.05, 3.63) is 40.8 Å². The topological polar surface area (TPSA) is 146 Å². The van der Waals surface area contributed by atoms with E-state index in [2.05, 4.69) is 15.9 Å². The fourth-order valence-corrected chi connectivity index (χ4v) is 6.50. The number of fused-ring (bicyclic) bond motifs is 2. The highest BCUT2D eigenvalue weighted by Crippen LogP contribution is 2.44. The second-order valence-electron chi connectivity index (χ2n) is 9.87. The summed E-state index contributed by atoms with van der Waals surface area (Å²) in [6.07, 6.45) is 1.75. The zero-order valence-electron chi connectivity index (χ0n) is 20.9. The zero-order chi connectivity index (χ0) is 26.6. The molecule has 11 heteroatoms. The van der Waals surface area contributed by atoms with Crippen molar-refractivity contribution >= 4 is 44.9 Å². The highest BCUT2D eigenvalue weighted by atomic mass is 32.1. The minimum atomic E-state index is -0.609. The number of carbonyl (C=O) groups is 2. The molecule has 4 N–H and O–H groups in total. The lowest BCUT2D eigenvalue weighted by Crippen LogP contribution is -2.54. The van der Waals surface area contributed by atoms with Crippen LogP contribution in [0.2, 0.25) is 0 Å². The van der Waals surface area contributed by atoms with Crippen LogP contribution in [0.3, 0.4) is 0 Å². The van der Waals surface area contributed by atoms with E-state index in [1.54, 1.807) is 17.0 Å². The van der Waals surface area contributed by atoms with Crippen molar-refractivity contribution in [2.75, 3.05) is 50.4 Å². The number of nitrogens with zero attached hydrogens (tertiary/aromatic N) is 5. The molecule has 0 unspecified atom stereocenters. The van der Waals surface area contributed by atoms with Crippen molar-refractivity contribution in [2.24, 2.45) is 5.73 Å². The number of hydrogen-bond donors (Lipinski definition) is 2. The van der Waals surface area contributed by atoms with Gasteiger partial charge in [0.25, 0.3) is 5.91 Å². The van der Waals surface area contributed by atoms with Gasteiger partial charge in [-0.15, -0.1) is 11.3 Å². The van der Waals surface area contributed by atoms with E-state index in [1.807, 2.05) is 25.2 Å². The van der Waals surface area contributed by atoms with Crippen LogP contribution >= 0.6 is 11.3 Å². The molecule has 2 aromatic rings. The number of thiophene rings is 1. The number of nitrogens with two attached hydrogens (primary N) is 2. The van der Waals surface area contributed by atoms with Crippen LogP contribution in [-0.2, 0) is 4.79 Å². The van der Waals surface area contributed by atoms with E-state index in [0.717, 1.165) is 44.6 Å². The van der Waals surface area contributed by atoms with E-state index in [9.17, 15) is 14.9 Å². The Kier molecular flexibility index (Phi) is 5.93. The molecule has 2 aromatic heterocycles. The van der Waals surface area contributed by atoms with Crippen LogP contribution in [0.15, 0.2) is 34.7 Å². The summed E-state index contributed by atoms with van der Waals surface area (Å²) >= 11 is 1.18. The molecule has 2 saturated heterocycles. The Morgan fingerprint density at radius 2 is 2.00 bits per heavy atom. The predicted octanol–water partition coefficient (Wildman–Crippen LogP) is 2.96. The zero-order valence-corrected chi connectivity index (χ0v) is 21.8. The maximum atomic E-state index is 12.5. The molecular formula is C27H27N7O3S. The molecule has 4 aliphatic rings. The van der Waals surface area contributed by atoms with E-state index in [4.69, 9.17) is 20.9 Å². The van der Waals surface area contributed by atoms with E-state index in [0.29, 0.717) is 57.0 Å². The molecule has 10 nitrogen and oxygen atoms in total. The summed E-state index contributed by atoms with van der Waals surface area (Å²) in [5.41, 5.74) is 14.2. The average molecular weight is 530 g/mol. The quantitative estimate of drug-likeness (QED) is 0.410. The Labute approximate surface area is 223 Å². The Hall–Kier alpha value is -4.14. The van der Waals surface area contributed by atoms with Gasteiger partial charge in [0.15, 0.2) is 5.76 Å². The second-order valence-corrected chi connectivity index (χ2v) is 10.9. The van der Waals surface area contributed by atoms with Crippen LogP contribution in [-0.4, -0.2) is 72.4 Å². The maximum absolute atomic E-state index is 12.5. The number of piperidine rings is 1. The monoisotopic (exact) mass is 529 g/mol. The fraction of sp³-hybridized carbons (Fsp3) is 0.333. The maximum Gasteiger partial charge on any atom is 0.259 e. The van der Waals surface area contributed by atoms with Crippen LogP contribution in [0, 0.1) is 11.3 Å². The molecule has 0 saturated carbocycles. The lowest BCUT2D eigenvalue weighted by Gasteiger charge is -2.42. The van der Waals surface area contributed by atoms with Gasteiger partial charge in [-0.2, -0.15) is 5.26 Å². The molecule has 6 rings (SSSR count). The fourth-order valence-electron chi connectivity index (χ4n) is 5.49. The third kappa shape index (κ3) is 4.02. The Bertz CT molecular complexity index is 1580. The second kappa shape index (κ2) is 9.31. The van der Waals surface area contributed by atoms with Gasteiger partial charge >= 0.3 is 0 Å². The van der Waals surface area contributed by atoms with E-state index >= 15 is 0 Å². The van der Waals surface area contributed by atoms with Crippen molar-refractivity contribution in [3.8, 4) is 28.7 Å². The molecule has 3 aliphatic heterocycles. The van der Waals surface area contributed by atoms with E-state index in [-0.39, 0.29) is 10.8 Å². The average Bonchev–Trinajstić information content (AvgIpc) is 3.52. The van der Waals surface area contributed by atoms with Gasteiger partial charge in [-0.1, -0.05) is 12.1 Å². The number of carbonyl (C=O) groups excluding carboxylic acids is 2. The van der Waals surface area contributed by atoms with Crippen LogP contribution < -0.4 is 16.4 Å². The first-order chi connectivity index (χ1) is 18.3. The van der Waals surface area contributed by atoms with E-state index in [1.165, 1.54) is 11.3 Å². The third-order valence-electron chi connectivity index (χ3n) is 7.59. The molecule has 1 aliphatic carbocycles. The smallest absolute Gasteiger partial charge is 0.259 e. The highest BCUT2D eigenvalue weighted by molar-refractivity contribution is 7.21. The molecule has 0 aromatic carbocycles. The summed E-state index contributed by atoms with van der Waals surface area (Å²) < 4.78 is 6.10. The Morgan fingerprint density at radius 1 is 1.21 bits per heavy atom. The minimum Gasteiger partial charge on any atom is -0.454 e. The van der Waals surface area contributed by atoms with E-state index < -0.39 is 5.91 Å². The van der Waals surface area contributed by atoms with Crippen molar-refractivity contribution < 1.29 is 14.0 Å². The van der Waals surface area contributed by atoms with Gasteiger partial charge in [0.05, 0.1) is 23.4 Å². The van der Waals surface area contributed by atoms with Crippen molar-refractivity contribution in [2.45, 2.75) is 18.9 Å². The largest absolute Gasteiger partial charge is 0.454 e. The first-order valence-corrected chi connectivity index (χ1v) is 13.3. The summed E-state index contributed by atoms with van der Waals surface area (Å²) in [6, 6.07) is 11.8. The molecule has 0 bridgehead atoms. The minimum absolute atomic E-state index is 0.154. The number of nitriles is 1. The molecule has 0 atom stereocenters. The first kappa shape index (κ1) is 24.2. The number of pyridine rings is 1. The summed E-state index contributed by atoms with van der Waals surface area (Å²) in [7, 11) is 1.84. The number of rotatable bonds is 4. The molecule has 5 heterocycles. The van der Waals surface area contributed by atoms with Crippen LogP contribution in [0.5, 0.6) is 0 Å². The molecule has 2 amide bonds. The number of nitrogen functional groups attached to an aromatic ring is 1. The van der Waals surface area contributed by atoms with Crippen molar-refractivity contribution in [1.82, 2.24) is 14.8 Å². The third-order valence-corrected chi connectivity index (χ3v) is 8.71. The summed E-state index contributed by atoms with van der Waals surface area (Å²) in [5, 5.41) is 10.7. The van der Waals surface area contributed by atoms with Gasteiger partial charge in [0, 0.05) is 50.2 Å². The molecule has 0 radical (unpaired) electrons. The number of primary amides is 1. The Morgan fingerprint density at radius 3 is 2.71 bits per heavy atom. The highest BCUT2D eigenvalue weighted by Gasteiger charge is 2.32. The van der Waals surface area contributed by atoms with Crippen LogP contribution in [0.4, 0.5) is 11.5 Å². The van der Waals surface area contributed by atoms with Gasteiger partial charge in [-0.05, 0) is 31.0 Å². The van der Waals surface area contributed by atoms with Gasteiger partial charge in [-0.25, -0.2) is 4.98 Å². The molecule has 194 valence electrons. The standard InChI is InChI=1S/C27H27N7O3S/c1-32-9-10-34(14-21(32)35)17-5-7-33(8-6-17)26-16(13-28)11-18-22(24(25(30)36)38-27(18)31-26)23-19(29)12-15-3-2-4-20(15)37-23/h2-4,11-12,17H,5-10,14,29H2,1H3,(H2,30,36). The van der Waals surface area contributed by atoms with Gasteiger partial charge in [0.1, 0.15) is 27.4 Å². The molecule has 2 fully saturated rings. The number of amides is 2. The lowest BCUT2D eigenvalue weighted by molar-refractivity contribution is -0.135. The number of piperazine rings is 1. The van der Waals surface area contributed by atoms with Gasteiger partial charge in [0.2, 0.25) is 5.91 Å². The Balaban J connectivity index is 1.35. The summed E-state index contributed by atoms with van der Waals surface area (Å²) in [4.78, 5) is 36.5.